The van der Waals surface area contributed by atoms with Crippen molar-refractivity contribution in [2.45, 2.75) is 39.3 Å². The van der Waals surface area contributed by atoms with Crippen molar-refractivity contribution < 1.29 is 14.6 Å². The number of benzene rings is 1. The summed E-state index contributed by atoms with van der Waals surface area (Å²) >= 11 is 0. The Morgan fingerprint density at radius 1 is 1.33 bits per heavy atom. The van der Waals surface area contributed by atoms with Crippen LogP contribution in [0, 0.1) is 0 Å². The predicted molar refractivity (Wildman–Crippen MR) is 112 cm³/mol. The van der Waals surface area contributed by atoms with Crippen LogP contribution in [0.25, 0.3) is 11.2 Å². The standard InChI is InChI=1S/C20H26N6O4/c1-2-3-9-30-19-24-17(21)16-18(25-19)26(20(29)23-16)8-7-22-12-14-6-4-5-13(10-14)11-15(27)28/h4-6,10,22H,2-3,7-9,11-12H2,1H3,(H,23,29)(H,27,28)(H2,21,24,25). The lowest BCUT2D eigenvalue weighted by Crippen LogP contribution is -2.25. The third-order valence-corrected chi connectivity index (χ3v) is 4.55. The van der Waals surface area contributed by atoms with Gasteiger partial charge in [-0.05, 0) is 17.5 Å². The molecule has 1 aromatic carbocycles. The summed E-state index contributed by atoms with van der Waals surface area (Å²) in [7, 11) is 0. The highest BCUT2D eigenvalue weighted by atomic mass is 16.5. The van der Waals surface area contributed by atoms with E-state index in [0.717, 1.165) is 24.0 Å². The second-order valence-electron chi connectivity index (χ2n) is 6.94. The fourth-order valence-electron chi connectivity index (χ4n) is 3.06. The number of hydrogen-bond acceptors (Lipinski definition) is 7. The number of aromatic nitrogens is 4. The summed E-state index contributed by atoms with van der Waals surface area (Å²) in [6, 6.07) is 7.55. The van der Waals surface area contributed by atoms with Gasteiger partial charge in [-0.1, -0.05) is 37.6 Å². The molecule has 0 fully saturated rings. The van der Waals surface area contributed by atoms with Crippen molar-refractivity contribution in [3.05, 3.63) is 45.9 Å². The third kappa shape index (κ3) is 5.35. The number of imidazole rings is 1. The summed E-state index contributed by atoms with van der Waals surface area (Å²) in [5.74, 6) is -0.691. The van der Waals surface area contributed by atoms with Crippen LogP contribution in [0.1, 0.15) is 30.9 Å². The summed E-state index contributed by atoms with van der Waals surface area (Å²) in [5.41, 5.74) is 8.15. The summed E-state index contributed by atoms with van der Waals surface area (Å²) in [6.07, 6.45) is 1.85. The SMILES string of the molecule is CCCCOc1nc(N)c2[nH]c(=O)n(CCNCc3cccc(CC(=O)O)c3)c2n1. The highest BCUT2D eigenvalue weighted by Gasteiger charge is 2.14. The number of nitrogen functional groups attached to an aromatic ring is 1. The number of H-pyrrole nitrogens is 1. The number of nitrogens with zero attached hydrogens (tertiary/aromatic N) is 3. The lowest BCUT2D eigenvalue weighted by Gasteiger charge is -2.08. The molecule has 0 atom stereocenters. The Morgan fingerprint density at radius 3 is 2.90 bits per heavy atom. The number of carboxylic acids is 1. The van der Waals surface area contributed by atoms with Crippen molar-refractivity contribution >= 4 is 23.0 Å². The molecule has 0 radical (unpaired) electrons. The van der Waals surface area contributed by atoms with Crippen LogP contribution < -0.4 is 21.5 Å². The summed E-state index contributed by atoms with van der Waals surface area (Å²) in [5, 5.41) is 12.2. The van der Waals surface area contributed by atoms with Crippen molar-refractivity contribution in [2.75, 3.05) is 18.9 Å². The van der Waals surface area contributed by atoms with Gasteiger partial charge in [0.05, 0.1) is 13.0 Å². The molecule has 0 aliphatic carbocycles. The van der Waals surface area contributed by atoms with Gasteiger partial charge in [-0.3, -0.25) is 9.36 Å². The highest BCUT2D eigenvalue weighted by Crippen LogP contribution is 2.17. The van der Waals surface area contributed by atoms with Gasteiger partial charge in [0.1, 0.15) is 5.52 Å². The monoisotopic (exact) mass is 414 g/mol. The molecule has 10 heteroatoms. The predicted octanol–water partition coefficient (Wildman–Crippen LogP) is 1.30. The quantitative estimate of drug-likeness (QED) is 0.343. The van der Waals surface area contributed by atoms with E-state index in [1.165, 1.54) is 4.57 Å². The number of hydrogen-bond donors (Lipinski definition) is 4. The van der Waals surface area contributed by atoms with Crippen molar-refractivity contribution in [1.82, 2.24) is 24.8 Å². The van der Waals surface area contributed by atoms with Crippen molar-refractivity contribution in [3.63, 3.8) is 0 Å². The maximum atomic E-state index is 12.3. The zero-order valence-electron chi connectivity index (χ0n) is 16.9. The summed E-state index contributed by atoms with van der Waals surface area (Å²) < 4.78 is 7.03. The Hall–Kier alpha value is -3.40. The number of unbranched alkanes of at least 4 members (excludes halogenated alkanes) is 1. The Kier molecular flexibility index (Phi) is 7.02. The Bertz CT molecular complexity index is 1070. The maximum Gasteiger partial charge on any atom is 0.327 e. The van der Waals surface area contributed by atoms with E-state index in [4.69, 9.17) is 15.6 Å². The molecule has 0 aliphatic heterocycles. The zero-order valence-corrected chi connectivity index (χ0v) is 16.9. The minimum atomic E-state index is -0.863. The van der Waals surface area contributed by atoms with Gasteiger partial charge in [-0.15, -0.1) is 0 Å². The highest BCUT2D eigenvalue weighted by molar-refractivity contribution is 5.81. The van der Waals surface area contributed by atoms with Gasteiger partial charge < -0.3 is 25.9 Å². The van der Waals surface area contributed by atoms with E-state index in [-0.39, 0.29) is 23.9 Å². The van der Waals surface area contributed by atoms with Crippen LogP contribution >= 0.6 is 0 Å². The molecule has 5 N–H and O–H groups in total. The number of ether oxygens (including phenoxy) is 1. The molecule has 0 amide bonds. The first-order valence-electron chi connectivity index (χ1n) is 9.87. The van der Waals surface area contributed by atoms with Crippen molar-refractivity contribution in [2.24, 2.45) is 0 Å². The molecule has 2 aromatic heterocycles. The molecule has 2 heterocycles. The Labute approximate surface area is 173 Å². The second-order valence-corrected chi connectivity index (χ2v) is 6.94. The lowest BCUT2D eigenvalue weighted by atomic mass is 10.1. The van der Waals surface area contributed by atoms with E-state index < -0.39 is 5.97 Å². The number of nitrogens with one attached hydrogen (secondary N) is 2. The molecular formula is C20H26N6O4. The van der Waals surface area contributed by atoms with E-state index in [1.54, 1.807) is 6.07 Å². The van der Waals surface area contributed by atoms with Crippen molar-refractivity contribution in [3.8, 4) is 6.01 Å². The molecule has 3 aromatic rings. The van der Waals surface area contributed by atoms with Crippen molar-refractivity contribution in [1.29, 1.82) is 0 Å². The van der Waals surface area contributed by atoms with Crippen LogP contribution in [-0.2, 0) is 24.3 Å². The van der Waals surface area contributed by atoms with Crippen LogP contribution in [0.3, 0.4) is 0 Å². The number of aromatic amines is 1. The lowest BCUT2D eigenvalue weighted by molar-refractivity contribution is -0.136. The first-order chi connectivity index (χ1) is 14.5. The minimum absolute atomic E-state index is 0.0115. The molecule has 160 valence electrons. The summed E-state index contributed by atoms with van der Waals surface area (Å²) in [6.45, 7) is 3.97. The largest absolute Gasteiger partial charge is 0.481 e. The van der Waals surface area contributed by atoms with Crippen LogP contribution in [0.5, 0.6) is 6.01 Å². The van der Waals surface area contributed by atoms with Crippen LogP contribution in [0.4, 0.5) is 5.82 Å². The minimum Gasteiger partial charge on any atom is -0.481 e. The first kappa shape index (κ1) is 21.3. The molecule has 0 saturated heterocycles. The Balaban J connectivity index is 1.65. The number of carbonyl (C=O) groups is 1. The van der Waals surface area contributed by atoms with Crippen LogP contribution in [0.15, 0.2) is 29.1 Å². The third-order valence-electron chi connectivity index (χ3n) is 4.55. The van der Waals surface area contributed by atoms with Crippen LogP contribution in [0.2, 0.25) is 0 Å². The number of nitrogens with two attached hydrogens (primary N) is 1. The molecule has 10 nitrogen and oxygen atoms in total. The molecule has 0 bridgehead atoms. The van der Waals surface area contributed by atoms with E-state index in [9.17, 15) is 9.59 Å². The number of aliphatic carboxylic acids is 1. The molecule has 30 heavy (non-hydrogen) atoms. The number of carboxylic acid groups (broad SMARTS) is 1. The van der Waals surface area contributed by atoms with Gasteiger partial charge in [0.25, 0.3) is 0 Å². The molecule has 0 aliphatic rings. The molecule has 0 saturated carbocycles. The summed E-state index contributed by atoms with van der Waals surface area (Å²) in [4.78, 5) is 34.3. The van der Waals surface area contributed by atoms with E-state index >= 15 is 0 Å². The average molecular weight is 414 g/mol. The van der Waals surface area contributed by atoms with Gasteiger partial charge in [-0.25, -0.2) is 4.79 Å². The molecular weight excluding hydrogens is 388 g/mol. The zero-order chi connectivity index (χ0) is 21.5. The van der Waals surface area contributed by atoms with Gasteiger partial charge in [0.15, 0.2) is 11.5 Å². The normalized spacial score (nSPS) is 11.1. The van der Waals surface area contributed by atoms with Gasteiger partial charge in [-0.2, -0.15) is 9.97 Å². The van der Waals surface area contributed by atoms with Gasteiger partial charge in [0.2, 0.25) is 0 Å². The Morgan fingerprint density at radius 2 is 2.13 bits per heavy atom. The number of anilines is 1. The fourth-order valence-corrected chi connectivity index (χ4v) is 3.06. The second kappa shape index (κ2) is 9.88. The van der Waals surface area contributed by atoms with Gasteiger partial charge >= 0.3 is 17.7 Å². The fraction of sp³-hybridized carbons (Fsp3) is 0.400. The van der Waals surface area contributed by atoms with Gasteiger partial charge in [0, 0.05) is 19.6 Å². The number of fused-ring (bicyclic) bond motifs is 1. The molecule has 3 rings (SSSR count). The topological polar surface area (TPSA) is 148 Å². The molecule has 0 unspecified atom stereocenters. The van der Waals surface area contributed by atoms with E-state index in [2.05, 4.69) is 27.2 Å². The van der Waals surface area contributed by atoms with Crippen LogP contribution in [-0.4, -0.2) is 43.7 Å². The number of rotatable bonds is 11. The smallest absolute Gasteiger partial charge is 0.327 e. The maximum absolute atomic E-state index is 12.3. The average Bonchev–Trinajstić information content (AvgIpc) is 3.01. The molecule has 0 spiro atoms. The first-order valence-corrected chi connectivity index (χ1v) is 9.87. The van der Waals surface area contributed by atoms with E-state index in [1.807, 2.05) is 18.2 Å². The van der Waals surface area contributed by atoms with E-state index in [0.29, 0.717) is 37.4 Å².